The minimum atomic E-state index is 0.287. The monoisotopic (exact) mass is 211 g/mol. The molecule has 0 aliphatic heterocycles. The number of rotatable bonds is 3. The van der Waals surface area contributed by atoms with E-state index in [1.54, 1.807) is 12.2 Å². The maximum absolute atomic E-state index is 8.45. The highest BCUT2D eigenvalue weighted by atomic mass is 16.5. The summed E-state index contributed by atoms with van der Waals surface area (Å²) in [4.78, 5) is 6.68. The fraction of sp³-hybridized carbons (Fsp3) is 0.364. The fourth-order valence-corrected chi connectivity index (χ4v) is 0.764. The first-order valence-electron chi connectivity index (χ1n) is 5.06. The first-order valence-corrected chi connectivity index (χ1v) is 5.06. The number of imidazole rings is 1. The average Bonchev–Trinajstić information content (AvgIpc) is 2.76. The van der Waals surface area contributed by atoms with Crippen LogP contribution in [0.1, 0.15) is 39.1 Å². The zero-order chi connectivity index (χ0) is 12.3. The van der Waals surface area contributed by atoms with E-state index in [9.17, 15) is 0 Å². The smallest absolute Gasteiger partial charge is 0.225 e. The van der Waals surface area contributed by atoms with E-state index in [1.165, 1.54) is 0 Å². The van der Waals surface area contributed by atoms with Crippen LogP contribution in [0.4, 0.5) is 5.95 Å². The van der Waals surface area contributed by atoms with E-state index in [0.717, 1.165) is 5.69 Å². The number of hydrogen-bond donors (Lipinski definition) is 3. The van der Waals surface area contributed by atoms with Gasteiger partial charge < -0.3 is 4.98 Å². The summed E-state index contributed by atoms with van der Waals surface area (Å²) in [5.41, 5.74) is 3.29. The van der Waals surface area contributed by atoms with E-state index in [1.807, 2.05) is 33.2 Å². The molecule has 1 heterocycles. The lowest BCUT2D eigenvalue weighted by Crippen LogP contribution is -1.90. The minimum absolute atomic E-state index is 0.287. The van der Waals surface area contributed by atoms with Crippen LogP contribution in [0.3, 0.4) is 0 Å². The van der Waals surface area contributed by atoms with Gasteiger partial charge in [-0.15, -0.1) is 0 Å². The van der Waals surface area contributed by atoms with Crippen LogP contribution < -0.4 is 5.48 Å². The van der Waals surface area contributed by atoms with Crippen molar-refractivity contribution < 1.29 is 5.21 Å². The molecule has 0 spiro atoms. The van der Waals surface area contributed by atoms with E-state index in [-0.39, 0.29) is 5.95 Å². The second-order valence-electron chi connectivity index (χ2n) is 1.90. The number of nitrogens with zero attached hydrogens (tertiary/aromatic N) is 1. The summed E-state index contributed by atoms with van der Waals surface area (Å²) in [5.74, 6) is 0.287. The van der Waals surface area contributed by atoms with Crippen molar-refractivity contribution in [2.75, 3.05) is 5.48 Å². The van der Waals surface area contributed by atoms with E-state index in [2.05, 4.69) is 23.1 Å². The standard InChI is InChI=1S/C7H9N3O.2C2H6/c1-3-5-6(4-2)9-7(8-5)10-11;2*1-2/h3-4,11H,1-2H2,(H2,8,9,10);2*1-2H3. The Hall–Kier alpha value is -1.55. The normalized spacial score (nSPS) is 7.53. The van der Waals surface area contributed by atoms with Crippen molar-refractivity contribution in [2.45, 2.75) is 27.7 Å². The molecule has 15 heavy (non-hydrogen) atoms. The molecule has 0 saturated carbocycles. The first-order chi connectivity index (χ1) is 7.31. The lowest BCUT2D eigenvalue weighted by Gasteiger charge is -1.86. The molecule has 0 aliphatic rings. The topological polar surface area (TPSA) is 60.9 Å². The SMILES string of the molecule is C=Cc1nc(NO)[nH]c1C=C.CC.CC. The van der Waals surface area contributed by atoms with E-state index in [0.29, 0.717) is 5.69 Å². The molecule has 1 aromatic rings. The van der Waals surface area contributed by atoms with Gasteiger partial charge in [-0.3, -0.25) is 5.21 Å². The summed E-state index contributed by atoms with van der Waals surface area (Å²) in [7, 11) is 0. The summed E-state index contributed by atoms with van der Waals surface area (Å²) in [6.45, 7) is 15.1. The molecule has 0 radical (unpaired) electrons. The Balaban J connectivity index is 0. The maximum atomic E-state index is 8.45. The van der Waals surface area contributed by atoms with E-state index < -0.39 is 0 Å². The van der Waals surface area contributed by atoms with Crippen molar-refractivity contribution in [3.8, 4) is 0 Å². The second kappa shape index (κ2) is 10.5. The third kappa shape index (κ3) is 5.02. The minimum Gasteiger partial charge on any atom is -0.322 e. The molecule has 0 saturated heterocycles. The van der Waals surface area contributed by atoms with Gasteiger partial charge in [-0.1, -0.05) is 40.9 Å². The zero-order valence-electron chi connectivity index (χ0n) is 9.96. The van der Waals surface area contributed by atoms with Gasteiger partial charge in [0, 0.05) is 0 Å². The quantitative estimate of drug-likeness (QED) is 0.670. The molecule has 1 rings (SSSR count). The van der Waals surface area contributed by atoms with Crippen LogP contribution in [0.2, 0.25) is 0 Å². The molecule has 0 atom stereocenters. The molecule has 0 fully saturated rings. The number of hydrogen-bond acceptors (Lipinski definition) is 3. The van der Waals surface area contributed by atoms with Crippen LogP contribution in [0.25, 0.3) is 12.2 Å². The molecular weight excluding hydrogens is 190 g/mol. The largest absolute Gasteiger partial charge is 0.322 e. The highest BCUT2D eigenvalue weighted by Crippen LogP contribution is 2.11. The molecular formula is C11H21N3O. The van der Waals surface area contributed by atoms with Crippen molar-refractivity contribution in [1.29, 1.82) is 0 Å². The van der Waals surface area contributed by atoms with Gasteiger partial charge in [-0.05, 0) is 12.2 Å². The number of aromatic nitrogens is 2. The molecule has 1 aromatic heterocycles. The summed E-state index contributed by atoms with van der Waals surface area (Å²) in [6.07, 6.45) is 3.18. The Morgan fingerprint density at radius 3 is 2.00 bits per heavy atom. The molecule has 0 aromatic carbocycles. The second-order valence-corrected chi connectivity index (χ2v) is 1.90. The Kier molecular flexibility index (Phi) is 11.2. The third-order valence-electron chi connectivity index (χ3n) is 1.26. The highest BCUT2D eigenvalue weighted by Gasteiger charge is 2.01. The first kappa shape index (κ1) is 15.9. The Morgan fingerprint density at radius 2 is 1.73 bits per heavy atom. The molecule has 0 amide bonds. The molecule has 86 valence electrons. The van der Waals surface area contributed by atoms with Crippen molar-refractivity contribution >= 4 is 18.1 Å². The Bertz CT molecular complexity index is 254. The van der Waals surface area contributed by atoms with Crippen molar-refractivity contribution in [3.63, 3.8) is 0 Å². The fourth-order valence-electron chi connectivity index (χ4n) is 0.764. The lowest BCUT2D eigenvalue weighted by molar-refractivity contribution is 0.383. The summed E-state index contributed by atoms with van der Waals surface area (Å²) in [5, 5.41) is 8.45. The molecule has 0 aliphatic carbocycles. The molecule has 4 nitrogen and oxygen atoms in total. The van der Waals surface area contributed by atoms with Crippen molar-refractivity contribution in [2.24, 2.45) is 0 Å². The number of nitrogens with one attached hydrogen (secondary N) is 2. The highest BCUT2D eigenvalue weighted by molar-refractivity contribution is 5.59. The van der Waals surface area contributed by atoms with E-state index in [4.69, 9.17) is 5.21 Å². The molecule has 0 bridgehead atoms. The summed E-state index contributed by atoms with van der Waals surface area (Å²) >= 11 is 0. The maximum Gasteiger partial charge on any atom is 0.225 e. The van der Waals surface area contributed by atoms with Crippen LogP contribution in [0.15, 0.2) is 13.2 Å². The van der Waals surface area contributed by atoms with Gasteiger partial charge in [-0.25, -0.2) is 10.5 Å². The zero-order valence-corrected chi connectivity index (χ0v) is 9.96. The number of H-pyrrole nitrogens is 1. The third-order valence-corrected chi connectivity index (χ3v) is 1.26. The summed E-state index contributed by atoms with van der Waals surface area (Å²) < 4.78 is 0. The number of anilines is 1. The number of aromatic amines is 1. The van der Waals surface area contributed by atoms with Crippen LogP contribution >= 0.6 is 0 Å². The van der Waals surface area contributed by atoms with Crippen LogP contribution in [0.5, 0.6) is 0 Å². The van der Waals surface area contributed by atoms with Gasteiger partial charge in [0.25, 0.3) is 0 Å². The summed E-state index contributed by atoms with van der Waals surface area (Å²) in [6, 6.07) is 0. The van der Waals surface area contributed by atoms with Gasteiger partial charge in [0.05, 0.1) is 11.4 Å². The van der Waals surface area contributed by atoms with Crippen LogP contribution in [-0.4, -0.2) is 15.2 Å². The van der Waals surface area contributed by atoms with Gasteiger partial charge >= 0.3 is 0 Å². The van der Waals surface area contributed by atoms with Crippen molar-refractivity contribution in [1.82, 2.24) is 9.97 Å². The molecule has 4 heteroatoms. The van der Waals surface area contributed by atoms with Crippen molar-refractivity contribution in [3.05, 3.63) is 24.5 Å². The lowest BCUT2D eigenvalue weighted by atomic mass is 10.3. The van der Waals surface area contributed by atoms with Crippen LogP contribution in [0, 0.1) is 0 Å². The Labute approximate surface area is 91.7 Å². The predicted molar refractivity (Wildman–Crippen MR) is 66.9 cm³/mol. The Morgan fingerprint density at radius 1 is 1.20 bits per heavy atom. The van der Waals surface area contributed by atoms with E-state index >= 15 is 0 Å². The molecule has 3 N–H and O–H groups in total. The van der Waals surface area contributed by atoms with Gasteiger partial charge in [0.1, 0.15) is 0 Å². The van der Waals surface area contributed by atoms with Gasteiger partial charge in [0.15, 0.2) is 0 Å². The van der Waals surface area contributed by atoms with Crippen LogP contribution in [-0.2, 0) is 0 Å². The molecule has 0 unspecified atom stereocenters. The van der Waals surface area contributed by atoms with Gasteiger partial charge in [-0.2, -0.15) is 0 Å². The predicted octanol–water partition coefficient (Wildman–Crippen LogP) is 3.55. The van der Waals surface area contributed by atoms with Gasteiger partial charge in [0.2, 0.25) is 5.95 Å². The average molecular weight is 211 g/mol.